The number of likely N-dealkylation sites (tertiary alicyclic amines) is 1. The van der Waals surface area contributed by atoms with Gasteiger partial charge in [-0.25, -0.2) is 0 Å². The van der Waals surface area contributed by atoms with Crippen molar-refractivity contribution in [2.24, 2.45) is 5.92 Å². The molecule has 5 nitrogen and oxygen atoms in total. The molecule has 2 aromatic rings. The Morgan fingerprint density at radius 2 is 1.93 bits per heavy atom. The fourth-order valence-corrected chi connectivity index (χ4v) is 4.39. The number of hydrogen-bond donors (Lipinski definition) is 1. The van der Waals surface area contributed by atoms with Crippen LogP contribution in [0.2, 0.25) is 0 Å². The van der Waals surface area contributed by atoms with Gasteiger partial charge in [0.15, 0.2) is 5.76 Å². The molecule has 5 heteroatoms. The number of benzene rings is 1. The van der Waals surface area contributed by atoms with Gasteiger partial charge in [0.05, 0.1) is 11.9 Å². The van der Waals surface area contributed by atoms with Gasteiger partial charge in [-0.1, -0.05) is 44.2 Å². The van der Waals surface area contributed by atoms with Crippen LogP contribution < -0.4 is 5.32 Å². The average Bonchev–Trinajstić information content (AvgIpc) is 3.32. The zero-order chi connectivity index (χ0) is 18.9. The number of furan rings is 1. The van der Waals surface area contributed by atoms with Gasteiger partial charge in [-0.3, -0.25) is 15.0 Å². The smallest absolute Gasteiger partial charge is 0.289 e. The Hall–Kier alpha value is -2.11. The maximum Gasteiger partial charge on any atom is 0.289 e. The van der Waals surface area contributed by atoms with Crippen LogP contribution in [0.1, 0.15) is 42.8 Å². The fraction of sp³-hybridized carbons (Fsp3) is 0.500. The molecule has 1 spiro atoms. The second kappa shape index (κ2) is 7.49. The zero-order valence-electron chi connectivity index (χ0n) is 16.2. The van der Waals surface area contributed by atoms with Crippen LogP contribution in [0.25, 0.3) is 0 Å². The van der Waals surface area contributed by atoms with E-state index in [1.54, 1.807) is 18.4 Å². The van der Waals surface area contributed by atoms with Crippen molar-refractivity contribution in [2.75, 3.05) is 19.6 Å². The predicted octanol–water partition coefficient (Wildman–Crippen LogP) is 3.34. The summed E-state index contributed by atoms with van der Waals surface area (Å²) in [5, 5.41) is 3.93. The van der Waals surface area contributed by atoms with Crippen molar-refractivity contribution in [1.29, 1.82) is 0 Å². The standard InChI is InChI=1S/C22H29N3O2/c1-17(2)19-16-25(15-18-7-4-3-5-8-18)22(23-19)10-12-24(13-11-22)21(26)20-9-6-14-27-20/h3-9,14,17,19,23H,10-13,15-16H2,1-2H3. The molecule has 2 aliphatic rings. The summed E-state index contributed by atoms with van der Waals surface area (Å²) in [5.74, 6) is 1.03. The molecule has 2 saturated heterocycles. The van der Waals surface area contributed by atoms with Gasteiger partial charge in [-0.15, -0.1) is 0 Å². The highest BCUT2D eigenvalue weighted by Gasteiger charge is 2.47. The molecule has 4 rings (SSSR count). The highest BCUT2D eigenvalue weighted by molar-refractivity contribution is 5.91. The molecule has 1 amide bonds. The fourth-order valence-electron chi connectivity index (χ4n) is 4.39. The average molecular weight is 367 g/mol. The predicted molar refractivity (Wildman–Crippen MR) is 105 cm³/mol. The van der Waals surface area contributed by atoms with E-state index < -0.39 is 0 Å². The number of hydrogen-bond acceptors (Lipinski definition) is 4. The van der Waals surface area contributed by atoms with Crippen LogP contribution >= 0.6 is 0 Å². The first-order chi connectivity index (χ1) is 13.1. The number of nitrogens with zero attached hydrogens (tertiary/aromatic N) is 2. The lowest BCUT2D eigenvalue weighted by atomic mass is 9.95. The first-order valence-corrected chi connectivity index (χ1v) is 9.97. The molecule has 1 N–H and O–H groups in total. The molecule has 1 aromatic carbocycles. The van der Waals surface area contributed by atoms with Gasteiger partial charge in [0.1, 0.15) is 0 Å². The number of rotatable bonds is 4. The van der Waals surface area contributed by atoms with Gasteiger partial charge >= 0.3 is 0 Å². The van der Waals surface area contributed by atoms with E-state index in [4.69, 9.17) is 4.42 Å². The summed E-state index contributed by atoms with van der Waals surface area (Å²) in [7, 11) is 0. The van der Waals surface area contributed by atoms with Crippen molar-refractivity contribution in [3.8, 4) is 0 Å². The number of nitrogens with one attached hydrogen (secondary N) is 1. The quantitative estimate of drug-likeness (QED) is 0.900. The zero-order valence-corrected chi connectivity index (χ0v) is 16.2. The van der Waals surface area contributed by atoms with Crippen LogP contribution in [-0.4, -0.2) is 47.0 Å². The Labute approximate surface area is 161 Å². The minimum Gasteiger partial charge on any atom is -0.459 e. The molecular formula is C22H29N3O2. The summed E-state index contributed by atoms with van der Waals surface area (Å²) in [4.78, 5) is 17.1. The highest BCUT2D eigenvalue weighted by atomic mass is 16.3. The minimum atomic E-state index is -0.0231. The largest absolute Gasteiger partial charge is 0.459 e. The van der Waals surface area contributed by atoms with E-state index in [2.05, 4.69) is 54.4 Å². The van der Waals surface area contributed by atoms with E-state index >= 15 is 0 Å². The summed E-state index contributed by atoms with van der Waals surface area (Å²) >= 11 is 0. The van der Waals surface area contributed by atoms with E-state index in [9.17, 15) is 4.79 Å². The van der Waals surface area contributed by atoms with Crippen LogP contribution in [0.4, 0.5) is 0 Å². The maximum absolute atomic E-state index is 12.6. The molecule has 0 bridgehead atoms. The Bertz CT molecular complexity index is 749. The summed E-state index contributed by atoms with van der Waals surface area (Å²) < 4.78 is 5.30. The highest BCUT2D eigenvalue weighted by Crippen LogP contribution is 2.35. The van der Waals surface area contributed by atoms with Crippen molar-refractivity contribution in [3.63, 3.8) is 0 Å². The van der Waals surface area contributed by atoms with E-state index in [-0.39, 0.29) is 11.6 Å². The normalized spacial score (nSPS) is 22.6. The molecular weight excluding hydrogens is 338 g/mol. The topological polar surface area (TPSA) is 48.7 Å². The second-order valence-electron chi connectivity index (χ2n) is 8.16. The van der Waals surface area contributed by atoms with Gasteiger partial charge in [-0.2, -0.15) is 0 Å². The molecule has 2 fully saturated rings. The third-order valence-corrected chi connectivity index (χ3v) is 6.11. The number of piperidine rings is 1. The van der Waals surface area contributed by atoms with E-state index in [0.717, 1.165) is 39.0 Å². The molecule has 1 aromatic heterocycles. The van der Waals surface area contributed by atoms with Gasteiger partial charge in [0.2, 0.25) is 0 Å². The minimum absolute atomic E-state index is 0.00265. The molecule has 0 radical (unpaired) electrons. The maximum atomic E-state index is 12.6. The molecule has 1 atom stereocenters. The van der Waals surface area contributed by atoms with E-state index in [0.29, 0.717) is 17.7 Å². The summed E-state index contributed by atoms with van der Waals surface area (Å²) in [6.45, 7) is 8.08. The van der Waals surface area contributed by atoms with Crippen molar-refractivity contribution in [1.82, 2.24) is 15.1 Å². The van der Waals surface area contributed by atoms with Gasteiger partial charge in [0, 0.05) is 32.2 Å². The van der Waals surface area contributed by atoms with Gasteiger partial charge < -0.3 is 9.32 Å². The lowest BCUT2D eigenvalue weighted by Crippen LogP contribution is -2.59. The Balaban J connectivity index is 1.48. The lowest BCUT2D eigenvalue weighted by molar-refractivity contribution is 0.0269. The first kappa shape index (κ1) is 18.3. The number of carbonyl (C=O) groups is 1. The Morgan fingerprint density at radius 3 is 2.56 bits per heavy atom. The monoisotopic (exact) mass is 367 g/mol. The Kier molecular flexibility index (Phi) is 5.06. The third kappa shape index (κ3) is 3.66. The van der Waals surface area contributed by atoms with Crippen LogP contribution in [0.15, 0.2) is 53.1 Å². The summed E-state index contributed by atoms with van der Waals surface area (Å²) in [6.07, 6.45) is 3.44. The summed E-state index contributed by atoms with van der Waals surface area (Å²) in [5.41, 5.74) is 1.32. The van der Waals surface area contributed by atoms with Crippen molar-refractivity contribution < 1.29 is 9.21 Å². The van der Waals surface area contributed by atoms with Crippen LogP contribution in [0, 0.1) is 5.92 Å². The van der Waals surface area contributed by atoms with Crippen molar-refractivity contribution in [2.45, 2.75) is 44.9 Å². The Morgan fingerprint density at radius 1 is 1.19 bits per heavy atom. The number of carbonyl (C=O) groups excluding carboxylic acids is 1. The van der Waals surface area contributed by atoms with Crippen LogP contribution in [-0.2, 0) is 6.54 Å². The molecule has 27 heavy (non-hydrogen) atoms. The van der Waals surface area contributed by atoms with Crippen LogP contribution in [0.3, 0.4) is 0 Å². The van der Waals surface area contributed by atoms with E-state index in [1.807, 2.05) is 4.90 Å². The second-order valence-corrected chi connectivity index (χ2v) is 8.16. The molecule has 2 aliphatic heterocycles. The molecule has 144 valence electrons. The molecule has 3 heterocycles. The lowest BCUT2D eigenvalue weighted by Gasteiger charge is -2.45. The van der Waals surface area contributed by atoms with Crippen molar-refractivity contribution in [3.05, 3.63) is 60.1 Å². The van der Waals surface area contributed by atoms with Gasteiger partial charge in [-0.05, 0) is 36.5 Å². The SMILES string of the molecule is CC(C)C1CN(Cc2ccccc2)C2(CCN(C(=O)c3ccco3)CC2)N1. The first-order valence-electron chi connectivity index (χ1n) is 9.97. The summed E-state index contributed by atoms with van der Waals surface area (Å²) in [6, 6.07) is 14.7. The van der Waals surface area contributed by atoms with Crippen LogP contribution in [0.5, 0.6) is 0 Å². The van der Waals surface area contributed by atoms with E-state index in [1.165, 1.54) is 5.56 Å². The molecule has 0 saturated carbocycles. The van der Waals surface area contributed by atoms with Gasteiger partial charge in [0.25, 0.3) is 5.91 Å². The number of amides is 1. The molecule has 1 unspecified atom stereocenters. The van der Waals surface area contributed by atoms with Crippen molar-refractivity contribution >= 4 is 5.91 Å². The molecule has 0 aliphatic carbocycles. The third-order valence-electron chi connectivity index (χ3n) is 6.11.